The van der Waals surface area contributed by atoms with Crippen LogP contribution in [0.5, 0.6) is 0 Å². The average Bonchev–Trinajstić information content (AvgIpc) is 3.10. The molecule has 0 rings (SSSR count). The Morgan fingerprint density at radius 2 is 0.600 bits per heavy atom. The summed E-state index contributed by atoms with van der Waals surface area (Å²) in [4.78, 5) is 89.4. The highest BCUT2D eigenvalue weighted by molar-refractivity contribution is 7.47. The van der Waals surface area contributed by atoms with Crippen molar-refractivity contribution >= 4 is 54.8 Å². The molecule has 366 valence electrons. The van der Waals surface area contributed by atoms with E-state index in [-0.39, 0.29) is 14.9 Å². The van der Waals surface area contributed by atoms with Crippen LogP contribution in [-0.2, 0) is 90.8 Å². The van der Waals surface area contributed by atoms with Gasteiger partial charge in [0.05, 0.1) is 85.9 Å². The second-order valence-electron chi connectivity index (χ2n) is 9.96. The van der Waals surface area contributed by atoms with Crippen molar-refractivity contribution in [1.29, 1.82) is 0 Å². The maximum Gasteiger partial charge on any atom is 0.268 e. The zero-order valence-corrected chi connectivity index (χ0v) is 35.5. The summed E-state index contributed by atoms with van der Waals surface area (Å²) in [5, 5.41) is 8.94. The Balaban J connectivity index is -0.0000162. The molecule has 0 aliphatic carbocycles. The van der Waals surface area contributed by atoms with Crippen LogP contribution < -0.4 is 45.3 Å². The van der Waals surface area contributed by atoms with Crippen molar-refractivity contribution in [2.75, 3.05) is 106 Å². The minimum absolute atomic E-state index is 0. The van der Waals surface area contributed by atoms with E-state index < -0.39 is 172 Å². The Hall–Kier alpha value is 0.510. The van der Waals surface area contributed by atoms with Crippen LogP contribution in [0.3, 0.4) is 0 Å². The molecule has 0 aromatic carbocycles. The molecule has 0 fully saturated rings. The van der Waals surface area contributed by atoms with Gasteiger partial charge in [-0.1, -0.05) is 14.9 Å². The molecular weight excluding hydrogens is 987 g/mol. The third-order valence-electron chi connectivity index (χ3n) is 5.31. The Morgan fingerprint density at radius 3 is 0.817 bits per heavy atom. The summed E-state index contributed by atoms with van der Waals surface area (Å²) in [6, 6.07) is 0. The average molecular weight is 1030 g/mol. The molecule has 0 aromatic rings. The zero-order chi connectivity index (χ0) is 44.6. The molecule has 0 bridgehead atoms. The largest absolute Gasteiger partial charge is 0.756 e. The molecule has 0 spiro atoms. The number of phosphoric ester groups is 7. The summed E-state index contributed by atoms with van der Waals surface area (Å²) in [5.74, 6) is -2.22. The first-order chi connectivity index (χ1) is 26.7. The number of rotatable bonds is 39. The van der Waals surface area contributed by atoms with Crippen LogP contribution >= 0.6 is 54.8 Å². The highest BCUT2D eigenvalue weighted by atomic mass is 31.2. The van der Waals surface area contributed by atoms with Crippen molar-refractivity contribution in [3.05, 3.63) is 0 Å². The van der Waals surface area contributed by atoms with Crippen LogP contribution in [-0.4, -0.2) is 116 Å². The van der Waals surface area contributed by atoms with Crippen LogP contribution in [0.4, 0.5) is 8.96 Å². The molecular formula is C20H46F2N2O29P7-7. The highest BCUT2D eigenvalue weighted by Gasteiger charge is 2.20. The van der Waals surface area contributed by atoms with Crippen molar-refractivity contribution < 1.29 is 144 Å². The van der Waals surface area contributed by atoms with Crippen LogP contribution in [0, 0.1) is 11.8 Å². The first-order valence-corrected chi connectivity index (χ1v) is 25.5. The maximum absolute atomic E-state index is 12.3. The lowest BCUT2D eigenvalue weighted by atomic mass is 10.2. The molecule has 31 nitrogen and oxygen atoms in total. The summed E-state index contributed by atoms with van der Waals surface area (Å²) >= 11 is 0. The van der Waals surface area contributed by atoms with Gasteiger partial charge in [0.1, 0.15) is 0 Å². The van der Waals surface area contributed by atoms with E-state index in [9.17, 15) is 75.2 Å². The third kappa shape index (κ3) is 37.8. The van der Waals surface area contributed by atoms with Crippen molar-refractivity contribution in [2.45, 2.75) is 14.9 Å². The van der Waals surface area contributed by atoms with Gasteiger partial charge in [-0.2, -0.15) is 11.1 Å². The summed E-state index contributed by atoms with van der Waals surface area (Å²) < 4.78 is 161. The first-order valence-electron chi connectivity index (χ1n) is 15.2. The van der Waals surface area contributed by atoms with Gasteiger partial charge in [0.25, 0.3) is 54.8 Å². The van der Waals surface area contributed by atoms with Crippen LogP contribution in [0.2, 0.25) is 0 Å². The lowest BCUT2D eigenvalue weighted by Crippen LogP contribution is -2.27. The molecule has 0 saturated heterocycles. The molecule has 9 unspecified atom stereocenters. The van der Waals surface area contributed by atoms with Gasteiger partial charge in [-0.3, -0.25) is 32.0 Å². The molecule has 60 heavy (non-hydrogen) atoms. The van der Waals surface area contributed by atoms with E-state index in [2.05, 4.69) is 58.8 Å². The number of nitrogens with one attached hydrogen (secondary N) is 2. The van der Waals surface area contributed by atoms with Crippen LogP contribution in [0.1, 0.15) is 14.9 Å². The van der Waals surface area contributed by atoms with E-state index in [1.54, 1.807) is 0 Å². The predicted molar refractivity (Wildman–Crippen MR) is 179 cm³/mol. The monoisotopic (exact) mass is 1030 g/mol. The maximum atomic E-state index is 12.3. The lowest BCUT2D eigenvalue weighted by Gasteiger charge is -2.27. The molecule has 0 heterocycles. The highest BCUT2D eigenvalue weighted by Crippen LogP contribution is 2.44. The Kier molecular flexibility index (Phi) is 34.8. The summed E-state index contributed by atoms with van der Waals surface area (Å²) in [6.45, 7) is -14.1. The molecule has 0 radical (unpaired) electrons. The SMILES string of the molecule is C.C.O=P([O-])(O)OCC(CNF)COP(=O)([O-])OCCOP(=O)([O-])OCCOP(=O)([O-])OCCOP(=O)([O-])OCCOP(=O)([O-])OCCOP(=O)([O-])OCC(CO)CNF. The fraction of sp³-hybridized carbons (Fsp3) is 1.00. The van der Waals surface area contributed by atoms with E-state index >= 15 is 0 Å². The molecule has 0 saturated carbocycles. The predicted octanol–water partition coefficient (Wildman–Crippen LogP) is -3.08. The van der Waals surface area contributed by atoms with Gasteiger partial charge in [-0.25, -0.2) is 0 Å². The van der Waals surface area contributed by atoms with Crippen LogP contribution in [0.15, 0.2) is 0 Å². The van der Waals surface area contributed by atoms with E-state index in [0.717, 1.165) is 5.54 Å². The molecule has 0 aliphatic heterocycles. The fourth-order valence-corrected chi connectivity index (χ4v) is 7.48. The number of aliphatic hydroxyl groups is 1. The molecule has 0 amide bonds. The van der Waals surface area contributed by atoms with E-state index in [1.165, 1.54) is 5.54 Å². The van der Waals surface area contributed by atoms with E-state index in [4.69, 9.17) is 10.00 Å². The molecule has 4 N–H and O–H groups in total. The quantitative estimate of drug-likeness (QED) is 0.0269. The number of aliphatic hydroxyl groups excluding tert-OH is 1. The summed E-state index contributed by atoms with van der Waals surface area (Å²) in [5.41, 5.74) is 2.29. The molecule has 40 heteroatoms. The van der Waals surface area contributed by atoms with Gasteiger partial charge in [-0.15, -0.1) is 8.96 Å². The number of halogens is 2. The van der Waals surface area contributed by atoms with Crippen molar-refractivity contribution in [2.24, 2.45) is 11.8 Å². The fourth-order valence-electron chi connectivity index (χ4n) is 2.87. The van der Waals surface area contributed by atoms with Gasteiger partial charge in [0, 0.05) is 31.5 Å². The smallest absolute Gasteiger partial charge is 0.268 e. The van der Waals surface area contributed by atoms with E-state index in [1.807, 2.05) is 0 Å². The zero-order valence-electron chi connectivity index (χ0n) is 29.3. The standard InChI is InChI=1S/C18H45F2N2O29P7.2CH4/c19-21-11-17(13-23)14-50-57(35,36)47-9-7-45-55(31,32)43-5-3-41-53(27,28)39-1-2-40-54(29,30)42-4-6-44-56(33,34)46-8-10-48-58(37,38)51-16-18(12-22-20)15-49-52(24,25)26;;/h17-18,21-23H,1-16H2,(H,27,28)(H,29,30)(H,31,32)(H,33,34)(H,35,36)(H,37,38)(H2,24,25,26);2*1H4/p-7. The third-order valence-corrected chi connectivity index (χ3v) is 11.7. The van der Waals surface area contributed by atoms with Crippen molar-refractivity contribution in [3.8, 4) is 0 Å². The van der Waals surface area contributed by atoms with Crippen molar-refractivity contribution in [3.63, 3.8) is 0 Å². The number of hydrogen-bond donors (Lipinski definition) is 4. The topological polar surface area (TPSA) is 465 Å². The van der Waals surface area contributed by atoms with Gasteiger partial charge in [0.2, 0.25) is 0 Å². The molecule has 0 aromatic heterocycles. The molecule has 0 aliphatic rings. The number of phosphoric acid groups is 7. The normalized spacial score (nSPS) is 20.0. The second-order valence-corrected chi connectivity index (χ2v) is 19.6. The Morgan fingerprint density at radius 1 is 0.400 bits per heavy atom. The molecule has 9 atom stereocenters. The summed E-state index contributed by atoms with van der Waals surface area (Å²) in [7, 11) is -36.2. The Labute approximate surface area is 341 Å². The van der Waals surface area contributed by atoms with Crippen molar-refractivity contribution in [1.82, 2.24) is 11.1 Å². The lowest BCUT2D eigenvalue weighted by molar-refractivity contribution is -0.238. The minimum Gasteiger partial charge on any atom is -0.756 e. The van der Waals surface area contributed by atoms with Gasteiger partial charge in [0.15, 0.2) is 0 Å². The number of hydrogen-bond acceptors (Lipinski definition) is 30. The van der Waals surface area contributed by atoms with Gasteiger partial charge in [-0.05, 0) is 0 Å². The van der Waals surface area contributed by atoms with Gasteiger partial charge >= 0.3 is 0 Å². The first kappa shape index (κ1) is 64.8. The van der Waals surface area contributed by atoms with Gasteiger partial charge < -0.3 is 103 Å². The summed E-state index contributed by atoms with van der Waals surface area (Å²) in [6.07, 6.45) is 0. The Bertz CT molecular complexity index is 1500. The minimum atomic E-state index is -5.23. The van der Waals surface area contributed by atoms with Crippen LogP contribution in [0.25, 0.3) is 0 Å². The van der Waals surface area contributed by atoms with E-state index in [0.29, 0.717) is 0 Å². The second kappa shape index (κ2) is 32.2.